The Kier molecular flexibility index (Phi) is 4.60. The fourth-order valence-corrected chi connectivity index (χ4v) is 2.44. The molecule has 7 nitrogen and oxygen atoms in total. The number of carbonyl (C=O) groups is 1. The summed E-state index contributed by atoms with van der Waals surface area (Å²) >= 11 is 0. The zero-order valence-corrected chi connectivity index (χ0v) is 13.5. The summed E-state index contributed by atoms with van der Waals surface area (Å²) in [4.78, 5) is 25.0. The summed E-state index contributed by atoms with van der Waals surface area (Å²) in [7, 11) is 0. The van der Waals surface area contributed by atoms with Crippen LogP contribution in [0.1, 0.15) is 28.7 Å². The van der Waals surface area contributed by atoms with E-state index in [1.165, 1.54) is 0 Å². The lowest BCUT2D eigenvalue weighted by molar-refractivity contribution is 0.0939. The maximum absolute atomic E-state index is 12.5. The molecular weight excluding hydrogens is 304 g/mol. The van der Waals surface area contributed by atoms with Gasteiger partial charge in [0.1, 0.15) is 0 Å². The van der Waals surface area contributed by atoms with E-state index >= 15 is 0 Å². The van der Waals surface area contributed by atoms with Crippen LogP contribution < -0.4 is 5.32 Å². The molecule has 3 aromatic heterocycles. The van der Waals surface area contributed by atoms with Crippen molar-refractivity contribution < 1.29 is 4.79 Å². The number of carbonyl (C=O) groups excluding carboxylic acids is 1. The number of nitrogens with zero attached hydrogens (tertiary/aromatic N) is 5. The largest absolute Gasteiger partial charge is 0.349 e. The van der Waals surface area contributed by atoms with E-state index in [0.717, 1.165) is 11.4 Å². The van der Waals surface area contributed by atoms with E-state index in [-0.39, 0.29) is 11.9 Å². The van der Waals surface area contributed by atoms with Gasteiger partial charge in [0.25, 0.3) is 5.91 Å². The van der Waals surface area contributed by atoms with E-state index in [2.05, 4.69) is 25.4 Å². The first kappa shape index (κ1) is 15.8. The summed E-state index contributed by atoms with van der Waals surface area (Å²) in [5.41, 5.74) is 2.12. The van der Waals surface area contributed by atoms with Crippen molar-refractivity contribution in [1.82, 2.24) is 30.0 Å². The predicted molar refractivity (Wildman–Crippen MR) is 88.8 cm³/mol. The molecule has 0 fully saturated rings. The lowest BCUT2D eigenvalue weighted by Crippen LogP contribution is -2.34. The molecule has 0 aliphatic rings. The van der Waals surface area contributed by atoms with Gasteiger partial charge in [-0.2, -0.15) is 5.10 Å². The van der Waals surface area contributed by atoms with Gasteiger partial charge in [-0.15, -0.1) is 0 Å². The predicted octanol–water partition coefficient (Wildman–Crippen LogP) is 1.73. The number of pyridine rings is 1. The van der Waals surface area contributed by atoms with Crippen LogP contribution in [0.15, 0.2) is 49.2 Å². The smallest absolute Gasteiger partial charge is 0.254 e. The average Bonchev–Trinajstić information content (AvgIpc) is 2.98. The second kappa shape index (κ2) is 6.99. The van der Waals surface area contributed by atoms with E-state index in [9.17, 15) is 4.79 Å². The standard InChI is InChI=1S/C17H18N6O/c1-12(9-14-10-18-7-8-19-14)22-17(24)15-11-21-23(13(15)2)16-5-3-4-6-20-16/h3-8,10-12H,9H2,1-2H3,(H,22,24)/t12-/m1/s1. The van der Waals surface area contributed by atoms with Gasteiger partial charge in [0.05, 0.1) is 23.1 Å². The third-order valence-corrected chi connectivity index (χ3v) is 3.63. The summed E-state index contributed by atoms with van der Waals surface area (Å²) in [6.45, 7) is 3.79. The molecule has 1 atom stereocenters. The van der Waals surface area contributed by atoms with Crippen LogP contribution in [0, 0.1) is 6.92 Å². The summed E-state index contributed by atoms with van der Waals surface area (Å²) in [6, 6.07) is 5.50. The van der Waals surface area contributed by atoms with Gasteiger partial charge in [0.15, 0.2) is 5.82 Å². The Labute approximate surface area is 139 Å². The highest BCUT2D eigenvalue weighted by Crippen LogP contribution is 2.12. The first-order valence-corrected chi connectivity index (χ1v) is 7.67. The Balaban J connectivity index is 1.71. The Morgan fingerprint density at radius 1 is 1.21 bits per heavy atom. The van der Waals surface area contributed by atoms with Crippen molar-refractivity contribution in [2.75, 3.05) is 0 Å². The van der Waals surface area contributed by atoms with Gasteiger partial charge in [-0.3, -0.25) is 14.8 Å². The summed E-state index contributed by atoms with van der Waals surface area (Å²) in [5, 5.41) is 7.24. The van der Waals surface area contributed by atoms with Gasteiger partial charge in [0, 0.05) is 37.3 Å². The van der Waals surface area contributed by atoms with Crippen molar-refractivity contribution in [1.29, 1.82) is 0 Å². The maximum atomic E-state index is 12.5. The minimum Gasteiger partial charge on any atom is -0.349 e. The van der Waals surface area contributed by atoms with E-state index in [0.29, 0.717) is 17.8 Å². The van der Waals surface area contributed by atoms with Crippen LogP contribution in [0.3, 0.4) is 0 Å². The Bertz CT molecular complexity index is 816. The molecule has 0 radical (unpaired) electrons. The molecule has 1 N–H and O–H groups in total. The normalized spacial score (nSPS) is 11.9. The SMILES string of the molecule is Cc1c(C(=O)N[C@H](C)Cc2cnccn2)cnn1-c1ccccn1. The highest BCUT2D eigenvalue weighted by atomic mass is 16.1. The minimum atomic E-state index is -0.161. The molecule has 1 amide bonds. The highest BCUT2D eigenvalue weighted by molar-refractivity contribution is 5.95. The Hall–Kier alpha value is -3.09. The van der Waals surface area contributed by atoms with Gasteiger partial charge < -0.3 is 5.32 Å². The molecule has 0 aliphatic carbocycles. The van der Waals surface area contributed by atoms with Crippen molar-refractivity contribution in [3.8, 4) is 5.82 Å². The first-order valence-electron chi connectivity index (χ1n) is 7.67. The van der Waals surface area contributed by atoms with Crippen LogP contribution >= 0.6 is 0 Å². The highest BCUT2D eigenvalue weighted by Gasteiger charge is 2.17. The van der Waals surface area contributed by atoms with Crippen LogP contribution in [0.25, 0.3) is 5.82 Å². The molecule has 0 unspecified atom stereocenters. The monoisotopic (exact) mass is 322 g/mol. The quantitative estimate of drug-likeness (QED) is 0.773. The van der Waals surface area contributed by atoms with E-state index in [4.69, 9.17) is 0 Å². The van der Waals surface area contributed by atoms with Gasteiger partial charge in [-0.1, -0.05) is 6.07 Å². The lowest BCUT2D eigenvalue weighted by atomic mass is 10.1. The van der Waals surface area contributed by atoms with Crippen LogP contribution in [0.4, 0.5) is 0 Å². The molecule has 0 bridgehead atoms. The third-order valence-electron chi connectivity index (χ3n) is 3.63. The van der Waals surface area contributed by atoms with Crippen molar-refractivity contribution in [2.24, 2.45) is 0 Å². The van der Waals surface area contributed by atoms with Crippen molar-refractivity contribution in [2.45, 2.75) is 26.3 Å². The number of aromatic nitrogens is 5. The van der Waals surface area contributed by atoms with Gasteiger partial charge in [0.2, 0.25) is 0 Å². The first-order chi connectivity index (χ1) is 11.6. The summed E-state index contributed by atoms with van der Waals surface area (Å²) < 4.78 is 1.66. The molecule has 0 saturated heterocycles. The zero-order chi connectivity index (χ0) is 16.9. The molecule has 3 aromatic rings. The van der Waals surface area contributed by atoms with E-state index < -0.39 is 0 Å². The number of amides is 1. The Morgan fingerprint density at radius 2 is 2.08 bits per heavy atom. The van der Waals surface area contributed by atoms with Crippen molar-refractivity contribution >= 4 is 5.91 Å². The molecular formula is C17H18N6O. The van der Waals surface area contributed by atoms with Crippen LogP contribution in [-0.2, 0) is 6.42 Å². The van der Waals surface area contributed by atoms with E-state index in [1.54, 1.807) is 35.7 Å². The minimum absolute atomic E-state index is 0.0631. The molecule has 0 aromatic carbocycles. The molecule has 0 spiro atoms. The van der Waals surface area contributed by atoms with Crippen LogP contribution in [0.2, 0.25) is 0 Å². The molecule has 24 heavy (non-hydrogen) atoms. The summed E-state index contributed by atoms with van der Waals surface area (Å²) in [6.07, 6.45) is 8.85. The second-order valence-corrected chi connectivity index (χ2v) is 5.52. The van der Waals surface area contributed by atoms with Crippen molar-refractivity contribution in [3.05, 3.63) is 66.1 Å². The topological polar surface area (TPSA) is 85.6 Å². The molecule has 3 heterocycles. The fraction of sp³-hybridized carbons (Fsp3) is 0.235. The van der Waals surface area contributed by atoms with Gasteiger partial charge in [-0.25, -0.2) is 9.67 Å². The summed E-state index contributed by atoms with van der Waals surface area (Å²) in [5.74, 6) is 0.521. The molecule has 3 rings (SSSR count). The van der Waals surface area contributed by atoms with E-state index in [1.807, 2.05) is 32.0 Å². The third kappa shape index (κ3) is 3.45. The number of hydrogen-bond acceptors (Lipinski definition) is 5. The Morgan fingerprint density at radius 3 is 2.79 bits per heavy atom. The van der Waals surface area contributed by atoms with Gasteiger partial charge in [-0.05, 0) is 26.0 Å². The van der Waals surface area contributed by atoms with Crippen LogP contribution in [0.5, 0.6) is 0 Å². The van der Waals surface area contributed by atoms with Gasteiger partial charge >= 0.3 is 0 Å². The second-order valence-electron chi connectivity index (χ2n) is 5.52. The maximum Gasteiger partial charge on any atom is 0.254 e. The molecule has 0 saturated carbocycles. The number of rotatable bonds is 5. The molecule has 0 aliphatic heterocycles. The number of hydrogen-bond donors (Lipinski definition) is 1. The van der Waals surface area contributed by atoms with Crippen LogP contribution in [-0.4, -0.2) is 36.7 Å². The molecule has 7 heteroatoms. The number of nitrogens with one attached hydrogen (secondary N) is 1. The van der Waals surface area contributed by atoms with Crippen molar-refractivity contribution in [3.63, 3.8) is 0 Å². The lowest BCUT2D eigenvalue weighted by Gasteiger charge is -2.13. The molecule has 122 valence electrons. The average molecular weight is 322 g/mol. The zero-order valence-electron chi connectivity index (χ0n) is 13.5. The fourth-order valence-electron chi connectivity index (χ4n) is 2.44.